The minimum Gasteiger partial charge on any atom is -0.381 e. The van der Waals surface area contributed by atoms with Gasteiger partial charge in [0.15, 0.2) is 5.96 Å². The normalized spacial score (nSPS) is 17.0. The van der Waals surface area contributed by atoms with E-state index in [-0.39, 0.29) is 5.41 Å². The van der Waals surface area contributed by atoms with Gasteiger partial charge in [-0.3, -0.25) is 9.98 Å². The van der Waals surface area contributed by atoms with Crippen molar-refractivity contribution in [1.29, 1.82) is 0 Å². The van der Waals surface area contributed by atoms with Crippen LogP contribution in [0.3, 0.4) is 0 Å². The van der Waals surface area contributed by atoms with Gasteiger partial charge >= 0.3 is 0 Å². The standard InChI is InChI=1S/C21H28N4O/c1-17-6-2-3-8-19(17)21(10-14-26-15-11-21)16-25-20(22)24-13-9-18-7-4-5-12-23-18/h2-8,12H,9-11,13-16H2,1H3,(H3,22,24,25). The fourth-order valence-electron chi connectivity index (χ4n) is 3.60. The van der Waals surface area contributed by atoms with Gasteiger partial charge < -0.3 is 15.8 Å². The maximum absolute atomic E-state index is 6.12. The van der Waals surface area contributed by atoms with E-state index < -0.39 is 0 Å². The molecule has 5 nitrogen and oxygen atoms in total. The molecule has 1 aromatic carbocycles. The Labute approximate surface area is 155 Å². The van der Waals surface area contributed by atoms with E-state index in [2.05, 4.69) is 46.5 Å². The third kappa shape index (κ3) is 4.61. The van der Waals surface area contributed by atoms with Gasteiger partial charge in [0.25, 0.3) is 0 Å². The molecule has 1 fully saturated rings. The quantitative estimate of drug-likeness (QED) is 0.619. The lowest BCUT2D eigenvalue weighted by molar-refractivity contribution is 0.0529. The van der Waals surface area contributed by atoms with Crippen LogP contribution in [0, 0.1) is 6.92 Å². The summed E-state index contributed by atoms with van der Waals surface area (Å²) in [5.74, 6) is 0.500. The molecule has 0 saturated carbocycles. The molecule has 0 aliphatic carbocycles. The SMILES string of the molecule is Cc1ccccc1C1(CN=C(N)NCCc2ccccn2)CCOCC1. The largest absolute Gasteiger partial charge is 0.381 e. The van der Waals surface area contributed by atoms with Crippen molar-refractivity contribution in [3.05, 3.63) is 65.5 Å². The molecule has 0 unspecified atom stereocenters. The van der Waals surface area contributed by atoms with E-state index in [0.29, 0.717) is 12.5 Å². The third-order valence-corrected chi connectivity index (χ3v) is 5.13. The van der Waals surface area contributed by atoms with Crippen molar-refractivity contribution in [3.63, 3.8) is 0 Å². The predicted molar refractivity (Wildman–Crippen MR) is 105 cm³/mol. The maximum Gasteiger partial charge on any atom is 0.188 e. The summed E-state index contributed by atoms with van der Waals surface area (Å²) in [5, 5.41) is 3.21. The van der Waals surface area contributed by atoms with E-state index >= 15 is 0 Å². The minimum atomic E-state index is 0.0108. The molecule has 0 bridgehead atoms. The van der Waals surface area contributed by atoms with E-state index in [1.165, 1.54) is 11.1 Å². The molecule has 3 rings (SSSR count). The lowest BCUT2D eigenvalue weighted by Gasteiger charge is -2.37. The van der Waals surface area contributed by atoms with Gasteiger partial charge in [-0.25, -0.2) is 0 Å². The highest BCUT2D eigenvalue weighted by molar-refractivity contribution is 5.77. The molecule has 0 radical (unpaired) electrons. The number of nitrogens with zero attached hydrogens (tertiary/aromatic N) is 2. The van der Waals surface area contributed by atoms with Crippen LogP contribution in [0.2, 0.25) is 0 Å². The van der Waals surface area contributed by atoms with Gasteiger partial charge in [0.2, 0.25) is 0 Å². The third-order valence-electron chi connectivity index (χ3n) is 5.13. The lowest BCUT2D eigenvalue weighted by Crippen LogP contribution is -2.40. The summed E-state index contributed by atoms with van der Waals surface area (Å²) in [6, 6.07) is 14.5. The molecule has 0 spiro atoms. The van der Waals surface area contributed by atoms with Crippen molar-refractivity contribution < 1.29 is 4.74 Å². The molecule has 1 aromatic heterocycles. The Bertz CT molecular complexity index is 724. The highest BCUT2D eigenvalue weighted by Gasteiger charge is 2.35. The van der Waals surface area contributed by atoms with Crippen LogP contribution >= 0.6 is 0 Å². The zero-order valence-corrected chi connectivity index (χ0v) is 15.4. The van der Waals surface area contributed by atoms with Crippen molar-refractivity contribution in [1.82, 2.24) is 10.3 Å². The fourth-order valence-corrected chi connectivity index (χ4v) is 3.60. The average molecular weight is 352 g/mol. The summed E-state index contributed by atoms with van der Waals surface area (Å²) < 4.78 is 5.60. The average Bonchev–Trinajstić information content (AvgIpc) is 2.68. The summed E-state index contributed by atoms with van der Waals surface area (Å²) in [6.07, 6.45) is 4.59. The number of aryl methyl sites for hydroxylation is 1. The van der Waals surface area contributed by atoms with Crippen LogP contribution in [-0.4, -0.2) is 37.2 Å². The number of ether oxygens (including phenoxy) is 1. The fraction of sp³-hybridized carbons (Fsp3) is 0.429. The summed E-state index contributed by atoms with van der Waals surface area (Å²) in [5.41, 5.74) is 9.86. The molecule has 26 heavy (non-hydrogen) atoms. The van der Waals surface area contributed by atoms with Gasteiger partial charge in [0.1, 0.15) is 0 Å². The first-order valence-electron chi connectivity index (χ1n) is 9.27. The van der Waals surface area contributed by atoms with Gasteiger partial charge in [0, 0.05) is 43.5 Å². The van der Waals surface area contributed by atoms with Crippen molar-refractivity contribution in [2.45, 2.75) is 31.6 Å². The molecule has 138 valence electrons. The second-order valence-electron chi connectivity index (χ2n) is 6.91. The number of benzene rings is 1. The van der Waals surface area contributed by atoms with Crippen LogP contribution in [0.1, 0.15) is 29.7 Å². The van der Waals surface area contributed by atoms with E-state index in [1.54, 1.807) is 0 Å². The number of aromatic nitrogens is 1. The molecule has 1 saturated heterocycles. The molecule has 1 aliphatic heterocycles. The van der Waals surface area contributed by atoms with Crippen molar-refractivity contribution in [3.8, 4) is 0 Å². The van der Waals surface area contributed by atoms with Crippen LogP contribution in [0.5, 0.6) is 0 Å². The van der Waals surface area contributed by atoms with Crippen LogP contribution in [0.25, 0.3) is 0 Å². The van der Waals surface area contributed by atoms with Crippen LogP contribution in [0.4, 0.5) is 0 Å². The maximum atomic E-state index is 6.12. The Balaban J connectivity index is 1.63. The number of guanidine groups is 1. The first-order valence-corrected chi connectivity index (χ1v) is 9.27. The van der Waals surface area contributed by atoms with Crippen LogP contribution in [-0.2, 0) is 16.6 Å². The first-order chi connectivity index (χ1) is 12.7. The molecular formula is C21H28N4O. The molecule has 0 amide bonds. The number of nitrogens with two attached hydrogens (primary N) is 1. The van der Waals surface area contributed by atoms with Crippen molar-refractivity contribution in [2.24, 2.45) is 10.7 Å². The summed E-state index contributed by atoms with van der Waals surface area (Å²) in [7, 11) is 0. The molecule has 2 aromatic rings. The molecule has 3 N–H and O–H groups in total. The monoisotopic (exact) mass is 352 g/mol. The smallest absolute Gasteiger partial charge is 0.188 e. The second kappa shape index (κ2) is 8.81. The number of nitrogens with one attached hydrogen (secondary N) is 1. The van der Waals surface area contributed by atoms with Crippen molar-refractivity contribution >= 4 is 5.96 Å². The summed E-state index contributed by atoms with van der Waals surface area (Å²) >= 11 is 0. The minimum absolute atomic E-state index is 0.0108. The second-order valence-corrected chi connectivity index (χ2v) is 6.91. The molecule has 0 atom stereocenters. The molecule has 1 aliphatic rings. The Hall–Kier alpha value is -2.40. The van der Waals surface area contributed by atoms with Gasteiger partial charge in [-0.2, -0.15) is 0 Å². The van der Waals surface area contributed by atoms with Crippen LogP contribution < -0.4 is 11.1 Å². The molecular weight excluding hydrogens is 324 g/mol. The van der Waals surface area contributed by atoms with E-state index in [1.807, 2.05) is 24.4 Å². The Kier molecular flexibility index (Phi) is 6.23. The van der Waals surface area contributed by atoms with Gasteiger partial charge in [-0.1, -0.05) is 30.3 Å². The Morgan fingerprint density at radius 2 is 1.96 bits per heavy atom. The molecule has 5 heteroatoms. The van der Waals surface area contributed by atoms with Crippen molar-refractivity contribution in [2.75, 3.05) is 26.3 Å². The van der Waals surface area contributed by atoms with Crippen LogP contribution in [0.15, 0.2) is 53.7 Å². The number of hydrogen-bond donors (Lipinski definition) is 2. The van der Waals surface area contributed by atoms with E-state index in [4.69, 9.17) is 10.5 Å². The predicted octanol–water partition coefficient (Wildman–Crippen LogP) is 2.59. The number of hydrogen-bond acceptors (Lipinski definition) is 3. The Morgan fingerprint density at radius 3 is 2.69 bits per heavy atom. The zero-order valence-electron chi connectivity index (χ0n) is 15.4. The highest BCUT2D eigenvalue weighted by Crippen LogP contribution is 2.36. The van der Waals surface area contributed by atoms with E-state index in [0.717, 1.165) is 44.7 Å². The van der Waals surface area contributed by atoms with Gasteiger partial charge in [-0.15, -0.1) is 0 Å². The highest BCUT2D eigenvalue weighted by atomic mass is 16.5. The number of pyridine rings is 1. The topological polar surface area (TPSA) is 72.5 Å². The molecule has 2 heterocycles. The first kappa shape index (κ1) is 18.4. The summed E-state index contributed by atoms with van der Waals surface area (Å²) in [4.78, 5) is 9.00. The van der Waals surface area contributed by atoms with E-state index in [9.17, 15) is 0 Å². The van der Waals surface area contributed by atoms with Gasteiger partial charge in [0.05, 0.1) is 6.54 Å². The lowest BCUT2D eigenvalue weighted by atomic mass is 9.72. The number of rotatable bonds is 6. The van der Waals surface area contributed by atoms with Gasteiger partial charge in [-0.05, 0) is 43.0 Å². The number of aliphatic imine (C=N–C) groups is 1. The summed E-state index contributed by atoms with van der Waals surface area (Å²) in [6.45, 7) is 5.13. The zero-order chi connectivity index (χ0) is 18.2. The Morgan fingerprint density at radius 1 is 1.19 bits per heavy atom.